The van der Waals surface area contributed by atoms with Crippen LogP contribution in [0.3, 0.4) is 0 Å². The molecule has 1 aromatic carbocycles. The molecule has 1 aliphatic rings. The van der Waals surface area contributed by atoms with Crippen molar-refractivity contribution >= 4 is 5.69 Å². The van der Waals surface area contributed by atoms with Crippen molar-refractivity contribution in [3.63, 3.8) is 0 Å². The second-order valence-corrected chi connectivity index (χ2v) is 6.68. The number of ether oxygens (including phenoxy) is 2. The monoisotopic (exact) mass is 396 g/mol. The topological polar surface area (TPSA) is 69.5 Å². The fraction of sp³-hybridized carbons (Fsp3) is 0.286. The Bertz CT molecular complexity index is 1050. The van der Waals surface area contributed by atoms with Crippen molar-refractivity contribution in [2.45, 2.75) is 13.5 Å². The normalized spacial score (nSPS) is 14.1. The van der Waals surface area contributed by atoms with Gasteiger partial charge in [0.1, 0.15) is 12.4 Å². The highest BCUT2D eigenvalue weighted by molar-refractivity contribution is 5.53. The maximum atomic E-state index is 14.9. The smallest absolute Gasteiger partial charge is 0.258 e. The number of pyridine rings is 1. The van der Waals surface area contributed by atoms with Crippen LogP contribution in [0.4, 0.5) is 10.1 Å². The largest absolute Gasteiger partial charge is 0.469 e. The molecule has 7 nitrogen and oxygen atoms in total. The van der Waals surface area contributed by atoms with Crippen LogP contribution in [-0.2, 0) is 11.3 Å². The van der Waals surface area contributed by atoms with Crippen LogP contribution in [-0.4, -0.2) is 40.8 Å². The van der Waals surface area contributed by atoms with Crippen LogP contribution in [0.5, 0.6) is 5.88 Å². The molecule has 1 fully saturated rings. The number of aromatic nitrogens is 3. The number of halogens is 1. The van der Waals surface area contributed by atoms with Gasteiger partial charge in [0.25, 0.3) is 5.56 Å². The van der Waals surface area contributed by atoms with Crippen molar-refractivity contribution in [2.75, 3.05) is 31.2 Å². The minimum absolute atomic E-state index is 0.0285. The van der Waals surface area contributed by atoms with Gasteiger partial charge < -0.3 is 14.4 Å². The predicted octanol–water partition coefficient (Wildman–Crippen LogP) is 2.49. The van der Waals surface area contributed by atoms with Crippen molar-refractivity contribution < 1.29 is 13.9 Å². The molecular formula is C21H21FN4O3. The Morgan fingerprint density at radius 1 is 1.17 bits per heavy atom. The molecule has 29 heavy (non-hydrogen) atoms. The lowest BCUT2D eigenvalue weighted by atomic mass is 10.2. The van der Waals surface area contributed by atoms with Gasteiger partial charge in [0, 0.05) is 43.2 Å². The minimum atomic E-state index is -0.395. The summed E-state index contributed by atoms with van der Waals surface area (Å²) >= 11 is 0. The SMILES string of the molecule is Cc1cc(=O)n(-c2ccc(N3CCOCC3)c(F)c2)c(COc2ccccn2)n1. The first kappa shape index (κ1) is 19.1. The highest BCUT2D eigenvalue weighted by Crippen LogP contribution is 2.23. The van der Waals surface area contributed by atoms with Crippen LogP contribution < -0.4 is 15.2 Å². The van der Waals surface area contributed by atoms with Crippen LogP contribution in [0, 0.1) is 12.7 Å². The summed E-state index contributed by atoms with van der Waals surface area (Å²) in [6.45, 7) is 4.16. The molecule has 1 saturated heterocycles. The van der Waals surface area contributed by atoms with E-state index in [0.717, 1.165) is 0 Å². The van der Waals surface area contributed by atoms with Crippen LogP contribution in [0.25, 0.3) is 5.69 Å². The highest BCUT2D eigenvalue weighted by Gasteiger charge is 2.17. The van der Waals surface area contributed by atoms with Gasteiger partial charge in [-0.15, -0.1) is 0 Å². The molecule has 3 heterocycles. The number of anilines is 1. The van der Waals surface area contributed by atoms with Crippen LogP contribution in [0.1, 0.15) is 11.5 Å². The van der Waals surface area contributed by atoms with Gasteiger partial charge in [0.2, 0.25) is 5.88 Å². The van der Waals surface area contributed by atoms with E-state index in [9.17, 15) is 9.18 Å². The number of hydrogen-bond donors (Lipinski definition) is 0. The van der Waals surface area contributed by atoms with Crippen LogP contribution >= 0.6 is 0 Å². The van der Waals surface area contributed by atoms with Gasteiger partial charge in [0.05, 0.1) is 24.6 Å². The maximum Gasteiger partial charge on any atom is 0.258 e. The molecule has 0 saturated carbocycles. The van der Waals surface area contributed by atoms with E-state index in [2.05, 4.69) is 9.97 Å². The molecule has 0 atom stereocenters. The fourth-order valence-corrected chi connectivity index (χ4v) is 3.30. The summed E-state index contributed by atoms with van der Waals surface area (Å²) in [5, 5.41) is 0. The minimum Gasteiger partial charge on any atom is -0.469 e. The molecule has 3 aromatic rings. The van der Waals surface area contributed by atoms with E-state index in [-0.39, 0.29) is 12.2 Å². The van der Waals surface area contributed by atoms with E-state index in [1.165, 1.54) is 16.7 Å². The van der Waals surface area contributed by atoms with Crippen molar-refractivity contribution in [1.82, 2.24) is 14.5 Å². The Kier molecular flexibility index (Phi) is 5.53. The molecule has 0 N–H and O–H groups in total. The second-order valence-electron chi connectivity index (χ2n) is 6.68. The van der Waals surface area contributed by atoms with Crippen molar-refractivity contribution in [1.29, 1.82) is 0 Å². The molecule has 0 aliphatic carbocycles. The molecule has 8 heteroatoms. The van der Waals surface area contributed by atoms with Gasteiger partial charge >= 0.3 is 0 Å². The lowest BCUT2D eigenvalue weighted by Gasteiger charge is -2.29. The average molecular weight is 396 g/mol. The van der Waals surface area contributed by atoms with E-state index in [0.29, 0.717) is 55.1 Å². The lowest BCUT2D eigenvalue weighted by Crippen LogP contribution is -2.36. The van der Waals surface area contributed by atoms with E-state index in [4.69, 9.17) is 9.47 Å². The van der Waals surface area contributed by atoms with E-state index in [1.807, 2.05) is 4.90 Å². The summed E-state index contributed by atoms with van der Waals surface area (Å²) in [5.41, 5.74) is 1.17. The molecule has 0 bridgehead atoms. The first-order valence-electron chi connectivity index (χ1n) is 9.38. The predicted molar refractivity (Wildman–Crippen MR) is 106 cm³/mol. The summed E-state index contributed by atoms with van der Waals surface area (Å²) < 4.78 is 27.2. The number of benzene rings is 1. The maximum absolute atomic E-state index is 14.9. The standard InChI is InChI=1S/C21H21FN4O3/c1-15-12-21(27)26(19(24-15)14-29-20-4-2-3-7-23-20)16-5-6-18(17(22)13-16)25-8-10-28-11-9-25/h2-7,12-13H,8-11,14H2,1H3. The summed E-state index contributed by atoms with van der Waals surface area (Å²) in [5.74, 6) is 0.399. The quantitative estimate of drug-likeness (QED) is 0.660. The number of rotatable bonds is 5. The second kappa shape index (κ2) is 8.40. The number of hydrogen-bond acceptors (Lipinski definition) is 6. The Hall–Kier alpha value is -3.26. The van der Waals surface area contributed by atoms with Gasteiger partial charge in [-0.3, -0.25) is 9.36 Å². The Balaban J connectivity index is 1.66. The van der Waals surface area contributed by atoms with Crippen molar-refractivity contribution in [3.05, 3.63) is 76.4 Å². The number of nitrogens with zero attached hydrogens (tertiary/aromatic N) is 4. The number of aryl methyl sites for hydroxylation is 1. The Morgan fingerprint density at radius 3 is 2.72 bits per heavy atom. The molecule has 0 unspecified atom stereocenters. The summed E-state index contributed by atoms with van der Waals surface area (Å²) in [6, 6.07) is 11.5. The van der Waals surface area contributed by atoms with Crippen molar-refractivity contribution in [2.24, 2.45) is 0 Å². The molecule has 0 spiro atoms. The third kappa shape index (κ3) is 4.27. The van der Waals surface area contributed by atoms with E-state index in [1.54, 1.807) is 43.5 Å². The lowest BCUT2D eigenvalue weighted by molar-refractivity contribution is 0.122. The zero-order chi connectivity index (χ0) is 20.2. The van der Waals surface area contributed by atoms with E-state index < -0.39 is 5.82 Å². The average Bonchev–Trinajstić information content (AvgIpc) is 2.73. The zero-order valence-corrected chi connectivity index (χ0v) is 16.0. The Morgan fingerprint density at radius 2 is 2.00 bits per heavy atom. The molecular weight excluding hydrogens is 375 g/mol. The molecule has 1 aliphatic heterocycles. The first-order chi connectivity index (χ1) is 14.1. The highest BCUT2D eigenvalue weighted by atomic mass is 19.1. The zero-order valence-electron chi connectivity index (χ0n) is 16.0. The van der Waals surface area contributed by atoms with Gasteiger partial charge in [0.15, 0.2) is 5.82 Å². The summed E-state index contributed by atoms with van der Waals surface area (Å²) in [4.78, 5) is 23.1. The third-order valence-corrected chi connectivity index (χ3v) is 4.64. The van der Waals surface area contributed by atoms with Crippen molar-refractivity contribution in [3.8, 4) is 11.6 Å². The summed E-state index contributed by atoms with van der Waals surface area (Å²) in [7, 11) is 0. The molecule has 150 valence electrons. The first-order valence-corrected chi connectivity index (χ1v) is 9.38. The van der Waals surface area contributed by atoms with Gasteiger partial charge in [-0.05, 0) is 25.1 Å². The molecule has 4 rings (SSSR count). The number of morpholine rings is 1. The molecule has 0 radical (unpaired) electrons. The van der Waals surface area contributed by atoms with Crippen LogP contribution in [0.2, 0.25) is 0 Å². The molecule has 2 aromatic heterocycles. The Labute approximate surface area is 167 Å². The van der Waals surface area contributed by atoms with Gasteiger partial charge in [-0.1, -0.05) is 6.07 Å². The van der Waals surface area contributed by atoms with Crippen LogP contribution in [0.15, 0.2) is 53.5 Å². The third-order valence-electron chi connectivity index (χ3n) is 4.64. The van der Waals surface area contributed by atoms with Gasteiger partial charge in [-0.2, -0.15) is 0 Å². The molecule has 0 amide bonds. The van der Waals surface area contributed by atoms with E-state index >= 15 is 0 Å². The van der Waals surface area contributed by atoms with Gasteiger partial charge in [-0.25, -0.2) is 14.4 Å². The fourth-order valence-electron chi connectivity index (χ4n) is 3.30. The summed E-state index contributed by atoms with van der Waals surface area (Å²) in [6.07, 6.45) is 1.62.